The molecular formula is C23H19N5O4. The number of carbonyl (C=O) groups excluding carboxylic acids is 2. The number of rotatable bonds is 7. The molecule has 0 atom stereocenters. The highest BCUT2D eigenvalue weighted by molar-refractivity contribution is 6.03. The third-order valence-electron chi connectivity index (χ3n) is 4.03. The number of hydrogen-bond acceptors (Lipinski definition) is 5. The maximum absolute atomic E-state index is 12.6. The minimum absolute atomic E-state index is 0.0532. The molecule has 160 valence electrons. The van der Waals surface area contributed by atoms with Crippen molar-refractivity contribution < 1.29 is 9.59 Å². The minimum atomic E-state index is -0.702. The van der Waals surface area contributed by atoms with E-state index in [-0.39, 0.29) is 11.4 Å². The van der Waals surface area contributed by atoms with Gasteiger partial charge in [0, 0.05) is 11.6 Å². The Morgan fingerprint density at radius 1 is 0.906 bits per heavy atom. The van der Waals surface area contributed by atoms with E-state index >= 15 is 0 Å². The Labute approximate surface area is 182 Å². The van der Waals surface area contributed by atoms with Gasteiger partial charge in [-0.3, -0.25) is 19.4 Å². The van der Waals surface area contributed by atoms with Gasteiger partial charge in [-0.15, -0.1) is 0 Å². The first-order valence-electron chi connectivity index (χ1n) is 9.48. The fraction of sp³-hybridized carbons (Fsp3) is 0. The summed E-state index contributed by atoms with van der Waals surface area (Å²) in [7, 11) is 0. The maximum atomic E-state index is 12.6. The molecule has 0 radical (unpaired) electrons. The Morgan fingerprint density at radius 3 is 2.28 bits per heavy atom. The highest BCUT2D eigenvalue weighted by Gasteiger charge is 2.13. The highest BCUT2D eigenvalue weighted by atomic mass is 16.2. The Balaban J connectivity index is 1.77. The van der Waals surface area contributed by atoms with Crippen molar-refractivity contribution in [2.24, 2.45) is 5.10 Å². The van der Waals surface area contributed by atoms with Crippen LogP contribution in [0.1, 0.15) is 21.6 Å². The first-order valence-corrected chi connectivity index (χ1v) is 9.48. The highest BCUT2D eigenvalue weighted by Crippen LogP contribution is 2.04. The molecule has 0 aliphatic carbocycles. The van der Waals surface area contributed by atoms with Gasteiger partial charge >= 0.3 is 5.69 Å². The summed E-state index contributed by atoms with van der Waals surface area (Å²) in [5.41, 5.74) is 2.28. The van der Waals surface area contributed by atoms with E-state index in [0.717, 1.165) is 17.8 Å². The molecule has 32 heavy (non-hydrogen) atoms. The standard InChI is InChI=1S/C23H19N5O4/c29-20-14-18(25-23(32)27-20)15-24-28-22(31)19(13-7-10-16-8-3-1-4-9-16)26-21(30)17-11-5-2-6-12-17/h1-15H,(H,26,30)(H,28,31)(H2,25,27,29,32). The fourth-order valence-electron chi connectivity index (χ4n) is 2.56. The van der Waals surface area contributed by atoms with E-state index in [9.17, 15) is 19.2 Å². The lowest BCUT2D eigenvalue weighted by Crippen LogP contribution is -2.33. The summed E-state index contributed by atoms with van der Waals surface area (Å²) in [6.07, 6.45) is 5.93. The van der Waals surface area contributed by atoms with Crippen molar-refractivity contribution in [3.63, 3.8) is 0 Å². The van der Waals surface area contributed by atoms with E-state index in [2.05, 4.69) is 20.8 Å². The Morgan fingerprint density at radius 2 is 1.59 bits per heavy atom. The van der Waals surface area contributed by atoms with Crippen molar-refractivity contribution in [2.75, 3.05) is 0 Å². The van der Waals surface area contributed by atoms with Crippen molar-refractivity contribution in [1.82, 2.24) is 20.7 Å². The van der Waals surface area contributed by atoms with Crippen LogP contribution in [0.4, 0.5) is 0 Å². The van der Waals surface area contributed by atoms with Gasteiger partial charge in [0.2, 0.25) is 0 Å². The molecule has 0 bridgehead atoms. The van der Waals surface area contributed by atoms with Crippen LogP contribution in [0.15, 0.2) is 99.3 Å². The molecule has 0 saturated heterocycles. The van der Waals surface area contributed by atoms with Gasteiger partial charge in [-0.25, -0.2) is 10.2 Å². The van der Waals surface area contributed by atoms with Crippen molar-refractivity contribution in [2.45, 2.75) is 0 Å². The van der Waals surface area contributed by atoms with Crippen LogP contribution in [0.2, 0.25) is 0 Å². The number of amides is 2. The number of allylic oxidation sites excluding steroid dienone is 2. The van der Waals surface area contributed by atoms with E-state index in [1.165, 1.54) is 6.08 Å². The van der Waals surface area contributed by atoms with Gasteiger partial charge in [0.25, 0.3) is 17.4 Å². The lowest BCUT2D eigenvalue weighted by molar-refractivity contribution is -0.117. The predicted molar refractivity (Wildman–Crippen MR) is 121 cm³/mol. The number of H-pyrrole nitrogens is 2. The molecule has 1 heterocycles. The largest absolute Gasteiger partial charge is 0.326 e. The Hall–Kier alpha value is -4.79. The zero-order valence-electron chi connectivity index (χ0n) is 16.7. The second kappa shape index (κ2) is 10.8. The number of hydrazone groups is 1. The van der Waals surface area contributed by atoms with E-state index in [1.807, 2.05) is 35.3 Å². The molecule has 2 amide bonds. The van der Waals surface area contributed by atoms with Gasteiger partial charge in [-0.05, 0) is 23.8 Å². The second-order valence-electron chi connectivity index (χ2n) is 6.41. The Bertz CT molecular complexity index is 1260. The topological polar surface area (TPSA) is 136 Å². The smallest absolute Gasteiger partial charge is 0.317 e. The van der Waals surface area contributed by atoms with E-state index in [0.29, 0.717) is 5.56 Å². The fourth-order valence-corrected chi connectivity index (χ4v) is 2.56. The molecule has 1 aromatic heterocycles. The normalized spacial score (nSPS) is 11.6. The number of benzene rings is 2. The molecule has 2 aromatic carbocycles. The van der Waals surface area contributed by atoms with Crippen LogP contribution in [-0.4, -0.2) is 28.0 Å². The minimum Gasteiger partial charge on any atom is -0.317 e. The number of aromatic nitrogens is 2. The lowest BCUT2D eigenvalue weighted by atomic mass is 10.2. The monoisotopic (exact) mass is 429 g/mol. The molecule has 3 rings (SSSR count). The van der Waals surface area contributed by atoms with Crippen LogP contribution in [0.25, 0.3) is 6.08 Å². The van der Waals surface area contributed by atoms with Gasteiger partial charge in [0.05, 0.1) is 11.9 Å². The second-order valence-corrected chi connectivity index (χ2v) is 6.41. The molecule has 0 aliphatic heterocycles. The van der Waals surface area contributed by atoms with Crippen LogP contribution in [0, 0.1) is 0 Å². The average Bonchev–Trinajstić information content (AvgIpc) is 2.79. The Kier molecular flexibility index (Phi) is 7.42. The zero-order chi connectivity index (χ0) is 22.8. The van der Waals surface area contributed by atoms with Crippen LogP contribution in [0.5, 0.6) is 0 Å². The van der Waals surface area contributed by atoms with E-state index in [1.54, 1.807) is 42.5 Å². The van der Waals surface area contributed by atoms with Gasteiger partial charge in [-0.2, -0.15) is 5.10 Å². The third-order valence-corrected chi connectivity index (χ3v) is 4.03. The summed E-state index contributed by atoms with van der Waals surface area (Å²) >= 11 is 0. The number of hydrogen-bond donors (Lipinski definition) is 4. The first-order chi connectivity index (χ1) is 15.5. The molecule has 0 saturated carbocycles. The molecule has 0 fully saturated rings. The van der Waals surface area contributed by atoms with Crippen LogP contribution in [-0.2, 0) is 4.79 Å². The molecule has 9 heteroatoms. The number of carbonyl (C=O) groups is 2. The lowest BCUT2D eigenvalue weighted by Gasteiger charge is -2.08. The summed E-state index contributed by atoms with van der Waals surface area (Å²) in [6, 6.07) is 18.9. The van der Waals surface area contributed by atoms with Gasteiger partial charge < -0.3 is 10.3 Å². The first kappa shape index (κ1) is 21.9. The van der Waals surface area contributed by atoms with Crippen molar-refractivity contribution >= 4 is 24.1 Å². The zero-order valence-corrected chi connectivity index (χ0v) is 16.7. The molecule has 0 aliphatic rings. The quantitative estimate of drug-likeness (QED) is 0.196. The number of nitrogens with zero attached hydrogens (tertiary/aromatic N) is 1. The molecular weight excluding hydrogens is 410 g/mol. The van der Waals surface area contributed by atoms with Crippen molar-refractivity contribution in [3.8, 4) is 0 Å². The van der Waals surface area contributed by atoms with Crippen LogP contribution >= 0.6 is 0 Å². The molecule has 9 nitrogen and oxygen atoms in total. The molecule has 4 N–H and O–H groups in total. The summed E-state index contributed by atoms with van der Waals surface area (Å²) in [4.78, 5) is 52.1. The summed E-state index contributed by atoms with van der Waals surface area (Å²) in [5, 5.41) is 6.29. The summed E-state index contributed by atoms with van der Waals surface area (Å²) < 4.78 is 0. The van der Waals surface area contributed by atoms with Crippen molar-refractivity contribution in [1.29, 1.82) is 0 Å². The maximum Gasteiger partial charge on any atom is 0.326 e. The van der Waals surface area contributed by atoms with E-state index in [4.69, 9.17) is 0 Å². The summed E-state index contributed by atoms with van der Waals surface area (Å²) in [5.74, 6) is -1.17. The van der Waals surface area contributed by atoms with Crippen LogP contribution in [0.3, 0.4) is 0 Å². The SMILES string of the molecule is O=C(NN=Cc1cc(=O)[nH]c(=O)[nH]1)C(=CC=Cc1ccccc1)NC(=O)c1ccccc1. The molecule has 0 unspecified atom stereocenters. The van der Waals surface area contributed by atoms with Crippen molar-refractivity contribution in [3.05, 3.63) is 122 Å². The third kappa shape index (κ3) is 6.63. The number of nitrogens with one attached hydrogen (secondary N) is 4. The summed E-state index contributed by atoms with van der Waals surface area (Å²) in [6.45, 7) is 0. The van der Waals surface area contributed by atoms with Gasteiger partial charge in [-0.1, -0.05) is 60.7 Å². The average molecular weight is 429 g/mol. The van der Waals surface area contributed by atoms with E-state index < -0.39 is 23.1 Å². The van der Waals surface area contributed by atoms with Gasteiger partial charge in [0.15, 0.2) is 0 Å². The molecule has 3 aromatic rings. The number of aromatic amines is 2. The van der Waals surface area contributed by atoms with Gasteiger partial charge in [0.1, 0.15) is 5.70 Å². The molecule has 0 spiro atoms. The van der Waals surface area contributed by atoms with Crippen LogP contribution < -0.4 is 22.0 Å². The predicted octanol–water partition coefficient (Wildman–Crippen LogP) is 1.54.